The second kappa shape index (κ2) is 6.16. The van der Waals surface area contributed by atoms with E-state index in [1.165, 1.54) is 0 Å². The predicted molar refractivity (Wildman–Crippen MR) is 78.1 cm³/mol. The first kappa shape index (κ1) is 14.7. The number of hydrogen-bond donors (Lipinski definition) is 1. The van der Waals surface area contributed by atoms with Gasteiger partial charge in [-0.15, -0.1) is 0 Å². The number of carbonyl (C=O) groups excluding carboxylic acids is 2. The number of rotatable bonds is 4. The lowest BCUT2D eigenvalue weighted by molar-refractivity contribution is -0.151. The molecule has 5 heteroatoms. The first-order valence-corrected chi connectivity index (χ1v) is 8.52. The molecular formula is C14H24N2O2S. The van der Waals surface area contributed by atoms with Crippen LogP contribution in [0.5, 0.6) is 0 Å². The highest BCUT2D eigenvalue weighted by Crippen LogP contribution is 2.33. The summed E-state index contributed by atoms with van der Waals surface area (Å²) in [6, 6.07) is -0.362. The SMILES string of the molecule is CCCC1NC(=O)C(C)N(C2CCC(SC)C2)C1=O. The molecule has 0 aromatic carbocycles. The van der Waals surface area contributed by atoms with Crippen molar-refractivity contribution < 1.29 is 9.59 Å². The summed E-state index contributed by atoms with van der Waals surface area (Å²) in [4.78, 5) is 26.5. The molecule has 4 atom stereocenters. The molecule has 1 N–H and O–H groups in total. The highest BCUT2D eigenvalue weighted by atomic mass is 32.2. The summed E-state index contributed by atoms with van der Waals surface area (Å²) in [5.74, 6) is 0.131. The van der Waals surface area contributed by atoms with Gasteiger partial charge in [0, 0.05) is 11.3 Å². The van der Waals surface area contributed by atoms with E-state index in [0.717, 1.165) is 32.1 Å². The lowest BCUT2D eigenvalue weighted by Crippen LogP contribution is -2.64. The number of hydrogen-bond acceptors (Lipinski definition) is 3. The van der Waals surface area contributed by atoms with Crippen LogP contribution in [-0.4, -0.2) is 46.3 Å². The molecular weight excluding hydrogens is 260 g/mol. The Hall–Kier alpha value is -0.710. The van der Waals surface area contributed by atoms with Crippen molar-refractivity contribution in [3.05, 3.63) is 0 Å². The van der Waals surface area contributed by atoms with E-state index in [9.17, 15) is 9.59 Å². The van der Waals surface area contributed by atoms with Crippen LogP contribution in [0.15, 0.2) is 0 Å². The molecule has 0 radical (unpaired) electrons. The molecule has 19 heavy (non-hydrogen) atoms. The summed E-state index contributed by atoms with van der Waals surface area (Å²) in [5, 5.41) is 3.50. The maximum absolute atomic E-state index is 12.6. The van der Waals surface area contributed by atoms with E-state index >= 15 is 0 Å². The fourth-order valence-corrected chi connectivity index (χ4v) is 4.00. The number of carbonyl (C=O) groups is 2. The van der Waals surface area contributed by atoms with Gasteiger partial charge in [0.05, 0.1) is 0 Å². The van der Waals surface area contributed by atoms with Crippen LogP contribution in [0, 0.1) is 0 Å². The Morgan fingerprint density at radius 3 is 2.68 bits per heavy atom. The van der Waals surface area contributed by atoms with E-state index in [1.807, 2.05) is 30.5 Å². The van der Waals surface area contributed by atoms with Crippen LogP contribution in [0.1, 0.15) is 46.0 Å². The first-order chi connectivity index (χ1) is 9.08. The molecule has 0 aromatic heterocycles. The van der Waals surface area contributed by atoms with E-state index in [2.05, 4.69) is 11.6 Å². The van der Waals surface area contributed by atoms with Crippen molar-refractivity contribution in [2.75, 3.05) is 6.26 Å². The minimum atomic E-state index is -0.314. The summed E-state index contributed by atoms with van der Waals surface area (Å²) >= 11 is 1.88. The van der Waals surface area contributed by atoms with Crippen LogP contribution in [0.25, 0.3) is 0 Å². The van der Waals surface area contributed by atoms with Crippen molar-refractivity contribution in [3.63, 3.8) is 0 Å². The molecule has 0 aromatic rings. The van der Waals surface area contributed by atoms with Crippen LogP contribution in [-0.2, 0) is 9.59 Å². The summed E-state index contributed by atoms with van der Waals surface area (Å²) in [6.45, 7) is 3.89. The Bertz CT molecular complexity index is 361. The van der Waals surface area contributed by atoms with Crippen LogP contribution in [0.4, 0.5) is 0 Å². The van der Waals surface area contributed by atoms with Gasteiger partial charge in [0.1, 0.15) is 12.1 Å². The number of nitrogens with zero attached hydrogens (tertiary/aromatic N) is 1. The molecule has 1 saturated heterocycles. The first-order valence-electron chi connectivity index (χ1n) is 7.23. The van der Waals surface area contributed by atoms with E-state index in [4.69, 9.17) is 0 Å². The fourth-order valence-electron chi connectivity index (χ4n) is 3.22. The van der Waals surface area contributed by atoms with Crippen molar-refractivity contribution in [2.45, 2.75) is 69.3 Å². The highest BCUT2D eigenvalue weighted by Gasteiger charge is 2.43. The summed E-state index contributed by atoms with van der Waals surface area (Å²) < 4.78 is 0. The number of piperazine rings is 1. The third-order valence-corrected chi connectivity index (χ3v) is 5.42. The third-order valence-electron chi connectivity index (χ3n) is 4.33. The van der Waals surface area contributed by atoms with Gasteiger partial charge in [0.25, 0.3) is 0 Å². The largest absolute Gasteiger partial charge is 0.343 e. The molecule has 1 aliphatic carbocycles. The quantitative estimate of drug-likeness (QED) is 0.856. The van der Waals surface area contributed by atoms with Crippen molar-refractivity contribution in [2.24, 2.45) is 0 Å². The predicted octanol–water partition coefficient (Wildman–Crippen LogP) is 1.79. The molecule has 2 rings (SSSR count). The van der Waals surface area contributed by atoms with Gasteiger partial charge in [-0.2, -0.15) is 11.8 Å². The number of nitrogens with one attached hydrogen (secondary N) is 1. The number of amides is 2. The number of thioether (sulfide) groups is 1. The molecule has 0 bridgehead atoms. The maximum Gasteiger partial charge on any atom is 0.246 e. The molecule has 108 valence electrons. The van der Waals surface area contributed by atoms with Crippen LogP contribution in [0.2, 0.25) is 0 Å². The average Bonchev–Trinajstić information content (AvgIpc) is 2.85. The second-order valence-electron chi connectivity index (χ2n) is 5.60. The van der Waals surface area contributed by atoms with E-state index in [1.54, 1.807) is 0 Å². The van der Waals surface area contributed by atoms with Crippen LogP contribution < -0.4 is 5.32 Å². The van der Waals surface area contributed by atoms with Crippen molar-refractivity contribution in [1.29, 1.82) is 0 Å². The molecule has 4 unspecified atom stereocenters. The third kappa shape index (κ3) is 2.91. The molecule has 1 heterocycles. The van der Waals surface area contributed by atoms with E-state index in [0.29, 0.717) is 5.25 Å². The van der Waals surface area contributed by atoms with Gasteiger partial charge in [-0.25, -0.2) is 0 Å². The Morgan fingerprint density at radius 1 is 1.37 bits per heavy atom. The van der Waals surface area contributed by atoms with Gasteiger partial charge in [-0.1, -0.05) is 13.3 Å². The Labute approximate surface area is 119 Å². The van der Waals surface area contributed by atoms with Gasteiger partial charge in [0.2, 0.25) is 11.8 Å². The van der Waals surface area contributed by atoms with Crippen molar-refractivity contribution in [1.82, 2.24) is 10.2 Å². The topological polar surface area (TPSA) is 49.4 Å². The maximum atomic E-state index is 12.6. The van der Waals surface area contributed by atoms with Gasteiger partial charge in [0.15, 0.2) is 0 Å². The summed E-state index contributed by atoms with van der Waals surface area (Å²) in [5.41, 5.74) is 0. The molecule has 2 aliphatic rings. The molecule has 0 spiro atoms. The van der Waals surface area contributed by atoms with Gasteiger partial charge in [-0.3, -0.25) is 9.59 Å². The summed E-state index contributed by atoms with van der Waals surface area (Å²) in [7, 11) is 0. The Kier molecular flexibility index (Phi) is 4.76. The zero-order valence-corrected chi connectivity index (χ0v) is 12.8. The minimum Gasteiger partial charge on any atom is -0.343 e. The van der Waals surface area contributed by atoms with Crippen molar-refractivity contribution in [3.8, 4) is 0 Å². The van der Waals surface area contributed by atoms with E-state index in [-0.39, 0.29) is 29.9 Å². The van der Waals surface area contributed by atoms with E-state index < -0.39 is 0 Å². The Balaban J connectivity index is 2.11. The fraction of sp³-hybridized carbons (Fsp3) is 0.857. The monoisotopic (exact) mass is 284 g/mol. The molecule has 2 amide bonds. The lowest BCUT2D eigenvalue weighted by Gasteiger charge is -2.41. The molecule has 4 nitrogen and oxygen atoms in total. The Morgan fingerprint density at radius 2 is 2.11 bits per heavy atom. The second-order valence-corrected chi connectivity index (χ2v) is 6.73. The minimum absolute atomic E-state index is 0.00523. The summed E-state index contributed by atoms with van der Waals surface area (Å²) in [6.07, 6.45) is 7.00. The molecule has 1 saturated carbocycles. The average molecular weight is 284 g/mol. The molecule has 2 fully saturated rings. The lowest BCUT2D eigenvalue weighted by atomic mass is 10.0. The molecule has 1 aliphatic heterocycles. The smallest absolute Gasteiger partial charge is 0.246 e. The van der Waals surface area contributed by atoms with Gasteiger partial charge < -0.3 is 10.2 Å². The highest BCUT2D eigenvalue weighted by molar-refractivity contribution is 7.99. The van der Waals surface area contributed by atoms with Crippen LogP contribution >= 0.6 is 11.8 Å². The van der Waals surface area contributed by atoms with Crippen LogP contribution in [0.3, 0.4) is 0 Å². The normalized spacial score (nSPS) is 35.6. The zero-order valence-electron chi connectivity index (χ0n) is 12.0. The standard InChI is InChI=1S/C14H24N2O2S/c1-4-5-12-14(18)16(9(2)13(17)15-12)10-6-7-11(8-10)19-3/h9-12H,4-8H2,1-3H3,(H,15,17). The zero-order chi connectivity index (χ0) is 14.0. The van der Waals surface area contributed by atoms with Gasteiger partial charge in [-0.05, 0) is 38.9 Å². The van der Waals surface area contributed by atoms with Gasteiger partial charge >= 0.3 is 0 Å². The van der Waals surface area contributed by atoms with Crippen molar-refractivity contribution >= 4 is 23.6 Å².